The van der Waals surface area contributed by atoms with E-state index in [9.17, 15) is 14.0 Å². The molecule has 1 aliphatic heterocycles. The van der Waals surface area contributed by atoms with Crippen LogP contribution in [0.15, 0.2) is 36.4 Å². The molecule has 0 aliphatic carbocycles. The molecule has 0 spiro atoms. The van der Waals surface area contributed by atoms with Gasteiger partial charge in [-0.25, -0.2) is 4.39 Å². The number of amides is 2. The molecule has 0 atom stereocenters. The SMILES string of the molecule is CN(CC(=O)Nc1cccc(F)c1)C(=O)c1cc(Cl)c2c(c1)OCO2. The maximum absolute atomic E-state index is 13.1. The fourth-order valence-corrected chi connectivity index (χ4v) is 2.63. The van der Waals surface area contributed by atoms with Crippen LogP contribution < -0.4 is 14.8 Å². The van der Waals surface area contributed by atoms with E-state index in [1.54, 1.807) is 6.07 Å². The van der Waals surface area contributed by atoms with Gasteiger partial charge >= 0.3 is 0 Å². The van der Waals surface area contributed by atoms with Gasteiger partial charge in [0.15, 0.2) is 11.5 Å². The Hall–Kier alpha value is -2.80. The molecule has 0 aromatic heterocycles. The number of nitrogens with zero attached hydrogens (tertiary/aromatic N) is 1. The highest BCUT2D eigenvalue weighted by Gasteiger charge is 2.23. The van der Waals surface area contributed by atoms with Gasteiger partial charge in [0.2, 0.25) is 12.7 Å². The second-order valence-electron chi connectivity index (χ2n) is 5.41. The molecule has 6 nitrogen and oxygen atoms in total. The first-order valence-electron chi connectivity index (χ1n) is 7.34. The highest BCUT2D eigenvalue weighted by molar-refractivity contribution is 6.32. The number of carbonyl (C=O) groups is 2. The summed E-state index contributed by atoms with van der Waals surface area (Å²) in [5.74, 6) is -0.543. The number of fused-ring (bicyclic) bond motifs is 1. The number of ether oxygens (including phenoxy) is 2. The van der Waals surface area contributed by atoms with Gasteiger partial charge in [-0.1, -0.05) is 17.7 Å². The van der Waals surface area contributed by atoms with Crippen molar-refractivity contribution in [2.75, 3.05) is 25.7 Å². The third-order valence-corrected chi connectivity index (χ3v) is 3.79. The molecule has 0 bridgehead atoms. The Morgan fingerprint density at radius 1 is 1.28 bits per heavy atom. The Morgan fingerprint density at radius 3 is 2.84 bits per heavy atom. The molecule has 8 heteroatoms. The topological polar surface area (TPSA) is 67.9 Å². The highest BCUT2D eigenvalue weighted by Crippen LogP contribution is 2.39. The molecule has 2 aromatic rings. The van der Waals surface area contributed by atoms with Gasteiger partial charge < -0.3 is 19.7 Å². The zero-order valence-corrected chi connectivity index (χ0v) is 14.0. The van der Waals surface area contributed by atoms with E-state index >= 15 is 0 Å². The normalized spacial score (nSPS) is 12.0. The number of halogens is 2. The van der Waals surface area contributed by atoms with Crippen LogP contribution in [0.3, 0.4) is 0 Å². The van der Waals surface area contributed by atoms with E-state index in [4.69, 9.17) is 21.1 Å². The smallest absolute Gasteiger partial charge is 0.254 e. The van der Waals surface area contributed by atoms with Gasteiger partial charge in [0.1, 0.15) is 5.82 Å². The molecular formula is C17H14ClFN2O4. The van der Waals surface area contributed by atoms with Crippen LogP contribution in [0, 0.1) is 5.82 Å². The lowest BCUT2D eigenvalue weighted by Crippen LogP contribution is -2.34. The molecule has 0 saturated carbocycles. The maximum atomic E-state index is 13.1. The summed E-state index contributed by atoms with van der Waals surface area (Å²) in [6.07, 6.45) is 0. The fourth-order valence-electron chi connectivity index (χ4n) is 2.37. The number of hydrogen-bond acceptors (Lipinski definition) is 4. The van der Waals surface area contributed by atoms with Crippen LogP contribution in [0.5, 0.6) is 11.5 Å². The molecule has 0 fully saturated rings. The summed E-state index contributed by atoms with van der Waals surface area (Å²) in [5, 5.41) is 2.79. The van der Waals surface area contributed by atoms with Crippen molar-refractivity contribution >= 4 is 29.1 Å². The first kappa shape index (κ1) is 17.0. The zero-order valence-electron chi connectivity index (χ0n) is 13.2. The molecule has 0 saturated heterocycles. The molecule has 2 aromatic carbocycles. The monoisotopic (exact) mass is 364 g/mol. The highest BCUT2D eigenvalue weighted by atomic mass is 35.5. The third-order valence-electron chi connectivity index (χ3n) is 3.51. The number of likely N-dealkylation sites (N-methyl/N-ethyl adjacent to an activating group) is 1. The predicted molar refractivity (Wildman–Crippen MR) is 89.6 cm³/mol. The second kappa shape index (κ2) is 6.98. The van der Waals surface area contributed by atoms with E-state index in [0.717, 1.165) is 0 Å². The van der Waals surface area contributed by atoms with E-state index in [0.29, 0.717) is 17.2 Å². The molecule has 3 rings (SSSR count). The van der Waals surface area contributed by atoms with Crippen molar-refractivity contribution in [3.8, 4) is 11.5 Å². The summed E-state index contributed by atoms with van der Waals surface area (Å²) >= 11 is 6.06. The Labute approximate surface area is 148 Å². The van der Waals surface area contributed by atoms with Crippen molar-refractivity contribution in [3.05, 3.63) is 52.8 Å². The van der Waals surface area contributed by atoms with Crippen LogP contribution in [-0.4, -0.2) is 37.1 Å². The lowest BCUT2D eigenvalue weighted by atomic mass is 10.1. The third kappa shape index (κ3) is 3.83. The van der Waals surface area contributed by atoms with Gasteiger partial charge in [-0.2, -0.15) is 0 Å². The predicted octanol–water partition coefficient (Wildman–Crippen LogP) is 2.92. The standard InChI is InChI=1S/C17H14ClFN2O4/c1-21(8-15(22)20-12-4-2-3-11(19)7-12)17(23)10-5-13(18)16-14(6-10)24-9-25-16/h2-7H,8-9H2,1H3,(H,20,22). The Balaban J connectivity index is 1.66. The van der Waals surface area contributed by atoms with Gasteiger partial charge in [-0.15, -0.1) is 0 Å². The molecule has 0 unspecified atom stereocenters. The van der Waals surface area contributed by atoms with Crippen LogP contribution in [0.4, 0.5) is 10.1 Å². The van der Waals surface area contributed by atoms with Crippen LogP contribution in [0.1, 0.15) is 10.4 Å². The summed E-state index contributed by atoms with van der Waals surface area (Å²) < 4.78 is 23.5. The second-order valence-corrected chi connectivity index (χ2v) is 5.82. The van der Waals surface area contributed by atoms with E-state index < -0.39 is 17.6 Å². The van der Waals surface area contributed by atoms with Crippen LogP contribution in [-0.2, 0) is 4.79 Å². The molecule has 1 N–H and O–H groups in total. The molecule has 0 radical (unpaired) electrons. The van der Waals surface area contributed by atoms with Gasteiger partial charge in [0.05, 0.1) is 11.6 Å². The average Bonchev–Trinajstić information content (AvgIpc) is 3.03. The number of nitrogens with one attached hydrogen (secondary N) is 1. The molecular weight excluding hydrogens is 351 g/mol. The largest absolute Gasteiger partial charge is 0.454 e. The number of anilines is 1. The Morgan fingerprint density at radius 2 is 2.08 bits per heavy atom. The maximum Gasteiger partial charge on any atom is 0.254 e. The minimum Gasteiger partial charge on any atom is -0.454 e. The lowest BCUT2D eigenvalue weighted by Gasteiger charge is -2.17. The number of carbonyl (C=O) groups excluding carboxylic acids is 2. The van der Waals surface area contributed by atoms with Crippen molar-refractivity contribution < 1.29 is 23.5 Å². The summed E-state index contributed by atoms with van der Waals surface area (Å²) in [6.45, 7) is -0.167. The molecule has 2 amide bonds. The van der Waals surface area contributed by atoms with Crippen molar-refractivity contribution in [1.82, 2.24) is 4.90 Å². The molecule has 130 valence electrons. The van der Waals surface area contributed by atoms with Gasteiger partial charge in [-0.3, -0.25) is 9.59 Å². The summed E-state index contributed by atoms with van der Waals surface area (Å²) in [5.41, 5.74) is 0.590. The van der Waals surface area contributed by atoms with Crippen LogP contribution in [0.25, 0.3) is 0 Å². The van der Waals surface area contributed by atoms with Crippen molar-refractivity contribution in [2.24, 2.45) is 0 Å². The molecule has 1 heterocycles. The summed E-state index contributed by atoms with van der Waals surface area (Å²) in [6, 6.07) is 8.47. The minimum absolute atomic E-state index is 0.0403. The van der Waals surface area contributed by atoms with E-state index in [-0.39, 0.29) is 23.9 Å². The molecule has 1 aliphatic rings. The first-order chi connectivity index (χ1) is 11.9. The Kier molecular flexibility index (Phi) is 4.76. The quantitative estimate of drug-likeness (QED) is 0.905. The van der Waals surface area contributed by atoms with Gasteiger partial charge in [0.25, 0.3) is 5.91 Å². The minimum atomic E-state index is -0.461. The van der Waals surface area contributed by atoms with Crippen LogP contribution >= 0.6 is 11.6 Å². The van der Waals surface area contributed by atoms with Gasteiger partial charge in [0, 0.05) is 18.3 Å². The lowest BCUT2D eigenvalue weighted by molar-refractivity contribution is -0.116. The summed E-state index contributed by atoms with van der Waals surface area (Å²) in [4.78, 5) is 25.7. The van der Waals surface area contributed by atoms with Gasteiger partial charge in [-0.05, 0) is 30.3 Å². The number of hydrogen-bond donors (Lipinski definition) is 1. The zero-order chi connectivity index (χ0) is 18.0. The molecule has 25 heavy (non-hydrogen) atoms. The fraction of sp³-hybridized carbons (Fsp3) is 0.176. The van der Waals surface area contributed by atoms with Crippen molar-refractivity contribution in [3.63, 3.8) is 0 Å². The van der Waals surface area contributed by atoms with E-state index in [1.165, 1.54) is 42.3 Å². The average molecular weight is 365 g/mol. The number of benzene rings is 2. The van der Waals surface area contributed by atoms with E-state index in [1.807, 2.05) is 0 Å². The van der Waals surface area contributed by atoms with E-state index in [2.05, 4.69) is 5.32 Å². The Bertz CT molecular complexity index is 843. The van der Waals surface area contributed by atoms with Crippen molar-refractivity contribution in [1.29, 1.82) is 0 Å². The first-order valence-corrected chi connectivity index (χ1v) is 7.72. The summed E-state index contributed by atoms with van der Waals surface area (Å²) in [7, 11) is 1.48. The number of rotatable bonds is 4. The van der Waals surface area contributed by atoms with Crippen LogP contribution in [0.2, 0.25) is 5.02 Å². The van der Waals surface area contributed by atoms with Crippen molar-refractivity contribution in [2.45, 2.75) is 0 Å².